The lowest BCUT2D eigenvalue weighted by Crippen LogP contribution is -2.31. The summed E-state index contributed by atoms with van der Waals surface area (Å²) in [4.78, 5) is 19.4. The molecule has 44 heavy (non-hydrogen) atoms. The van der Waals surface area contributed by atoms with Crippen molar-refractivity contribution in [1.82, 2.24) is 10.2 Å². The van der Waals surface area contributed by atoms with Gasteiger partial charge in [0.05, 0.1) is 41.2 Å². The second-order valence-electron chi connectivity index (χ2n) is 10.8. The van der Waals surface area contributed by atoms with Gasteiger partial charge < -0.3 is 29.7 Å². The number of rotatable bonds is 11. The molecule has 11 heteroatoms. The number of hydrogen-bond acceptors (Lipinski definition) is 8. The highest BCUT2D eigenvalue weighted by atomic mass is 35.5. The third kappa shape index (κ3) is 7.94. The number of hydrogen-bond donors (Lipinski definition) is 2. The normalized spacial score (nSPS) is 19.6. The summed E-state index contributed by atoms with van der Waals surface area (Å²) < 4.78 is 31.1. The second kappa shape index (κ2) is 14.4. The van der Waals surface area contributed by atoms with E-state index in [-0.39, 0.29) is 30.5 Å². The molecule has 2 N–H and O–H groups in total. The Bertz CT molecular complexity index is 1600. The van der Waals surface area contributed by atoms with Gasteiger partial charge in [0.25, 0.3) is 0 Å². The van der Waals surface area contributed by atoms with Crippen LogP contribution in [0.15, 0.2) is 94.0 Å². The molecule has 0 aromatic heterocycles. The van der Waals surface area contributed by atoms with Crippen LogP contribution in [-0.2, 0) is 20.9 Å². The number of carbonyl (C=O) groups excluding carboxylic acids is 1. The quantitative estimate of drug-likeness (QED) is 0.330. The van der Waals surface area contributed by atoms with Gasteiger partial charge in [0.1, 0.15) is 36.1 Å². The van der Waals surface area contributed by atoms with Crippen LogP contribution in [0.5, 0.6) is 5.75 Å². The number of anilines is 1. The predicted octanol–water partition coefficient (Wildman–Crippen LogP) is 5.28. The Morgan fingerprint density at radius 1 is 1.30 bits per heavy atom. The summed E-state index contributed by atoms with van der Waals surface area (Å²) in [7, 11) is 3.84. The number of nitriles is 1. The van der Waals surface area contributed by atoms with E-state index in [2.05, 4.69) is 21.7 Å². The van der Waals surface area contributed by atoms with Crippen LogP contribution in [0.3, 0.4) is 0 Å². The first kappa shape index (κ1) is 31.0. The van der Waals surface area contributed by atoms with Gasteiger partial charge in [-0.2, -0.15) is 5.26 Å². The lowest BCUT2D eigenvalue weighted by molar-refractivity contribution is -0.115. The molecular weight excluding hydrogens is 585 g/mol. The smallest absolute Gasteiger partial charge is 0.248 e. The van der Waals surface area contributed by atoms with Crippen molar-refractivity contribution in [3.63, 3.8) is 0 Å². The zero-order chi connectivity index (χ0) is 31.1. The van der Waals surface area contributed by atoms with Crippen LogP contribution in [0.1, 0.15) is 18.4 Å². The summed E-state index contributed by atoms with van der Waals surface area (Å²) >= 11 is 6.54. The SMILES string of the molecule is CN(C)C/C=C/C(=O)NC1=C(OC2CCOC2)CC2N=CC(C#N)=C(Nc3ccc(OCc4cccc(F)c4)c(Cl)c3)C2=C1. The Morgan fingerprint density at radius 3 is 2.89 bits per heavy atom. The van der Waals surface area contributed by atoms with Gasteiger partial charge in [-0.05, 0) is 56.1 Å². The van der Waals surface area contributed by atoms with Crippen molar-refractivity contribution in [3.8, 4) is 11.8 Å². The Balaban J connectivity index is 1.39. The summed E-state index contributed by atoms with van der Waals surface area (Å²) in [5.41, 5.74) is 3.42. The number of allylic oxidation sites excluding steroid dienone is 2. The van der Waals surface area contributed by atoms with E-state index in [1.807, 2.05) is 25.1 Å². The molecule has 0 spiro atoms. The molecule has 2 aliphatic heterocycles. The molecule has 0 saturated carbocycles. The average molecular weight is 618 g/mol. The Kier molecular flexibility index (Phi) is 10.1. The van der Waals surface area contributed by atoms with Crippen LogP contribution in [0.4, 0.5) is 10.1 Å². The van der Waals surface area contributed by atoms with Crippen LogP contribution in [-0.4, -0.2) is 63.0 Å². The lowest BCUT2D eigenvalue weighted by atomic mass is 9.89. The summed E-state index contributed by atoms with van der Waals surface area (Å²) in [5, 5.41) is 16.6. The van der Waals surface area contributed by atoms with Crippen molar-refractivity contribution in [2.75, 3.05) is 39.2 Å². The number of halogens is 2. The lowest BCUT2D eigenvalue weighted by Gasteiger charge is -2.31. The van der Waals surface area contributed by atoms with Gasteiger partial charge in [-0.15, -0.1) is 0 Å². The molecule has 1 amide bonds. The number of likely N-dealkylation sites (N-methyl/N-ethyl adjacent to an activating group) is 1. The van der Waals surface area contributed by atoms with E-state index < -0.39 is 0 Å². The summed E-state index contributed by atoms with van der Waals surface area (Å²) in [6.45, 7) is 1.87. The van der Waals surface area contributed by atoms with E-state index in [9.17, 15) is 14.4 Å². The second-order valence-corrected chi connectivity index (χ2v) is 11.2. The van der Waals surface area contributed by atoms with Crippen molar-refractivity contribution in [1.29, 1.82) is 5.26 Å². The van der Waals surface area contributed by atoms with Gasteiger partial charge in [0.15, 0.2) is 0 Å². The van der Waals surface area contributed by atoms with Crippen molar-refractivity contribution in [2.24, 2.45) is 4.99 Å². The molecule has 2 aromatic carbocycles. The molecule has 1 fully saturated rings. The zero-order valence-electron chi connectivity index (χ0n) is 24.5. The first-order valence-electron chi connectivity index (χ1n) is 14.2. The fourth-order valence-corrected chi connectivity index (χ4v) is 5.14. The maximum atomic E-state index is 13.5. The number of nitrogens with zero attached hydrogens (tertiary/aromatic N) is 3. The summed E-state index contributed by atoms with van der Waals surface area (Å²) in [6, 6.07) is 13.2. The molecule has 2 unspecified atom stereocenters. The topological polar surface area (TPSA) is 108 Å². The van der Waals surface area contributed by atoms with Crippen LogP contribution >= 0.6 is 11.6 Å². The highest BCUT2D eigenvalue weighted by Crippen LogP contribution is 2.37. The van der Waals surface area contributed by atoms with Gasteiger partial charge in [-0.3, -0.25) is 9.79 Å². The van der Waals surface area contributed by atoms with Crippen molar-refractivity contribution >= 4 is 29.4 Å². The van der Waals surface area contributed by atoms with E-state index in [0.29, 0.717) is 70.9 Å². The third-order valence-electron chi connectivity index (χ3n) is 7.08. The fourth-order valence-electron chi connectivity index (χ4n) is 4.91. The third-order valence-corrected chi connectivity index (χ3v) is 7.37. The van der Waals surface area contributed by atoms with E-state index in [1.165, 1.54) is 18.2 Å². The van der Waals surface area contributed by atoms with Crippen molar-refractivity contribution in [3.05, 3.63) is 105 Å². The maximum absolute atomic E-state index is 13.5. The molecule has 2 atom stereocenters. The Labute approximate surface area is 260 Å². The minimum Gasteiger partial charge on any atom is -0.490 e. The number of nitrogens with one attached hydrogen (secondary N) is 2. The molecule has 9 nitrogen and oxygen atoms in total. The number of ether oxygens (including phenoxy) is 3. The molecule has 228 valence electrons. The van der Waals surface area contributed by atoms with E-state index in [4.69, 9.17) is 25.8 Å². The van der Waals surface area contributed by atoms with Crippen LogP contribution < -0.4 is 15.4 Å². The predicted molar refractivity (Wildman–Crippen MR) is 167 cm³/mol. The molecular formula is C33H33ClFN5O4. The van der Waals surface area contributed by atoms with E-state index in [1.54, 1.807) is 42.6 Å². The molecule has 5 rings (SSSR count). The first-order chi connectivity index (χ1) is 21.3. The van der Waals surface area contributed by atoms with Crippen molar-refractivity contribution < 1.29 is 23.4 Å². The largest absolute Gasteiger partial charge is 0.490 e. The van der Waals surface area contributed by atoms with Crippen LogP contribution in [0.25, 0.3) is 0 Å². The van der Waals surface area contributed by atoms with Gasteiger partial charge in [0.2, 0.25) is 5.91 Å². The van der Waals surface area contributed by atoms with Gasteiger partial charge >= 0.3 is 0 Å². The first-order valence-corrected chi connectivity index (χ1v) is 14.6. The number of aliphatic imine (C=N–C) groups is 1. The van der Waals surface area contributed by atoms with Crippen LogP contribution in [0, 0.1) is 17.1 Å². The van der Waals surface area contributed by atoms with Gasteiger partial charge in [-0.25, -0.2) is 4.39 Å². The van der Waals surface area contributed by atoms with E-state index >= 15 is 0 Å². The monoisotopic (exact) mass is 617 g/mol. The fraction of sp³-hybridized carbons (Fsp3) is 0.303. The molecule has 1 saturated heterocycles. The summed E-state index contributed by atoms with van der Waals surface area (Å²) in [5.74, 6) is 0.418. The summed E-state index contributed by atoms with van der Waals surface area (Å²) in [6.07, 6.45) is 7.66. The maximum Gasteiger partial charge on any atom is 0.248 e. The molecule has 0 bridgehead atoms. The average Bonchev–Trinajstić information content (AvgIpc) is 3.50. The number of amides is 1. The molecule has 2 aromatic rings. The Hall–Kier alpha value is -4.43. The molecule has 1 aliphatic carbocycles. The minimum absolute atomic E-state index is 0.115. The Morgan fingerprint density at radius 2 is 2.16 bits per heavy atom. The van der Waals surface area contributed by atoms with E-state index in [0.717, 1.165) is 12.0 Å². The minimum atomic E-state index is -0.339. The molecule has 2 heterocycles. The van der Waals surface area contributed by atoms with Gasteiger partial charge in [-0.1, -0.05) is 29.8 Å². The number of carbonyl (C=O) groups is 1. The van der Waals surface area contributed by atoms with Crippen LogP contribution in [0.2, 0.25) is 5.02 Å². The standard InChI is InChI=1S/C33H33ClFN5O4/c1-40(2)11-4-7-32(41)39-29-15-26-28(16-31(29)44-25-10-12-42-20-25)37-18-22(17-36)33(26)38-24-8-9-30(27(34)14-24)43-19-21-5-3-6-23(35)13-21/h3-9,13-15,18,25,28,38H,10-12,16,19-20H2,1-2H3,(H,39,41)/b7-4+. The number of fused-ring (bicyclic) bond motifs is 1. The highest BCUT2D eigenvalue weighted by Gasteiger charge is 2.32. The zero-order valence-corrected chi connectivity index (χ0v) is 25.2. The van der Waals surface area contributed by atoms with Gasteiger partial charge in [0, 0.05) is 42.9 Å². The van der Waals surface area contributed by atoms with Crippen molar-refractivity contribution in [2.45, 2.75) is 31.6 Å². The molecule has 3 aliphatic rings. The number of dihydropyridines is 1. The highest BCUT2D eigenvalue weighted by molar-refractivity contribution is 6.32. The molecule has 0 radical (unpaired) electrons. The number of benzene rings is 2.